The first-order chi connectivity index (χ1) is 14.8. The molecule has 4 aromatic rings. The van der Waals surface area contributed by atoms with Gasteiger partial charge in [-0.25, -0.2) is 4.68 Å². The quantitative estimate of drug-likeness (QED) is 0.540. The number of amides is 1. The van der Waals surface area contributed by atoms with E-state index in [1.165, 1.54) is 0 Å². The molecule has 1 aliphatic rings. The lowest BCUT2D eigenvalue weighted by Crippen LogP contribution is -2.45. The maximum Gasteiger partial charge on any atom is 0.255 e. The molecule has 5 rings (SSSR count). The van der Waals surface area contributed by atoms with E-state index in [0.29, 0.717) is 12.1 Å². The van der Waals surface area contributed by atoms with Crippen molar-refractivity contribution in [3.8, 4) is 5.69 Å². The first kappa shape index (κ1) is 18.6. The van der Waals surface area contributed by atoms with Crippen LogP contribution in [0.1, 0.15) is 28.8 Å². The predicted octanol–water partition coefficient (Wildman–Crippen LogP) is 2.75. The average molecular weight is 400 g/mol. The Morgan fingerprint density at radius 3 is 2.83 bits per heavy atom. The third kappa shape index (κ3) is 3.71. The molecule has 0 spiro atoms. The van der Waals surface area contributed by atoms with Crippen LogP contribution in [0.3, 0.4) is 0 Å². The molecule has 1 aliphatic heterocycles. The summed E-state index contributed by atoms with van der Waals surface area (Å²) in [6.07, 6.45) is 9.44. The van der Waals surface area contributed by atoms with Gasteiger partial charge in [0.1, 0.15) is 5.52 Å². The number of hydrogen-bond acceptors (Lipinski definition) is 4. The summed E-state index contributed by atoms with van der Waals surface area (Å²) in [5, 5.41) is 10.8. The van der Waals surface area contributed by atoms with Gasteiger partial charge in [-0.2, -0.15) is 5.10 Å². The Bertz CT molecular complexity index is 1140. The van der Waals surface area contributed by atoms with Crippen molar-refractivity contribution in [3.63, 3.8) is 0 Å². The minimum Gasteiger partial charge on any atom is -0.348 e. The van der Waals surface area contributed by atoms with E-state index in [9.17, 15) is 4.79 Å². The molecule has 7 nitrogen and oxygen atoms in total. The van der Waals surface area contributed by atoms with Crippen molar-refractivity contribution in [3.05, 3.63) is 78.4 Å². The van der Waals surface area contributed by atoms with E-state index in [0.717, 1.165) is 48.2 Å². The molecule has 0 radical (unpaired) electrons. The van der Waals surface area contributed by atoms with Crippen molar-refractivity contribution in [2.24, 2.45) is 0 Å². The first-order valence-electron chi connectivity index (χ1n) is 10.3. The van der Waals surface area contributed by atoms with E-state index < -0.39 is 0 Å². The van der Waals surface area contributed by atoms with Crippen LogP contribution in [0.2, 0.25) is 0 Å². The summed E-state index contributed by atoms with van der Waals surface area (Å²) in [6, 6.07) is 14.3. The smallest absolute Gasteiger partial charge is 0.255 e. The number of benzene rings is 1. The molecule has 1 fully saturated rings. The first-order valence-corrected chi connectivity index (χ1v) is 10.3. The SMILES string of the molecule is O=C(N[C@H]1CCCNC1)c1cn(Cc2ccc(-n3cccn3)cc2)c2cccnc12. The van der Waals surface area contributed by atoms with Crippen LogP contribution in [0.25, 0.3) is 16.7 Å². The summed E-state index contributed by atoms with van der Waals surface area (Å²) in [5.41, 5.74) is 4.50. The van der Waals surface area contributed by atoms with E-state index in [1.807, 2.05) is 35.3 Å². The molecule has 4 heterocycles. The molecule has 1 amide bonds. The largest absolute Gasteiger partial charge is 0.348 e. The molecular formula is C23H24N6O. The van der Waals surface area contributed by atoms with Gasteiger partial charge in [0, 0.05) is 43.9 Å². The summed E-state index contributed by atoms with van der Waals surface area (Å²) in [4.78, 5) is 17.5. The monoisotopic (exact) mass is 400 g/mol. The number of hydrogen-bond donors (Lipinski definition) is 2. The number of carbonyl (C=O) groups excluding carboxylic acids is 1. The summed E-state index contributed by atoms with van der Waals surface area (Å²) >= 11 is 0. The predicted molar refractivity (Wildman–Crippen MR) is 116 cm³/mol. The van der Waals surface area contributed by atoms with Gasteiger partial charge in [0.15, 0.2) is 0 Å². The van der Waals surface area contributed by atoms with Crippen LogP contribution in [-0.2, 0) is 6.54 Å². The van der Waals surface area contributed by atoms with Gasteiger partial charge in [0.05, 0.1) is 16.8 Å². The molecule has 0 aliphatic carbocycles. The molecule has 2 N–H and O–H groups in total. The molecule has 1 atom stereocenters. The van der Waals surface area contributed by atoms with Crippen LogP contribution < -0.4 is 10.6 Å². The Morgan fingerprint density at radius 1 is 1.17 bits per heavy atom. The van der Waals surface area contributed by atoms with Gasteiger partial charge >= 0.3 is 0 Å². The number of piperidine rings is 1. The van der Waals surface area contributed by atoms with Crippen molar-refractivity contribution < 1.29 is 4.79 Å². The number of fused-ring (bicyclic) bond motifs is 1. The number of rotatable bonds is 5. The Labute approximate surface area is 174 Å². The Balaban J connectivity index is 1.40. The van der Waals surface area contributed by atoms with Gasteiger partial charge in [-0.05, 0) is 55.3 Å². The van der Waals surface area contributed by atoms with Crippen LogP contribution in [0, 0.1) is 0 Å². The molecule has 3 aromatic heterocycles. The van der Waals surface area contributed by atoms with Gasteiger partial charge in [0.25, 0.3) is 5.91 Å². The van der Waals surface area contributed by atoms with Crippen LogP contribution in [0.5, 0.6) is 0 Å². The maximum atomic E-state index is 13.0. The highest BCUT2D eigenvalue weighted by Crippen LogP contribution is 2.21. The second-order valence-electron chi connectivity index (χ2n) is 7.68. The number of nitrogens with zero attached hydrogens (tertiary/aromatic N) is 4. The zero-order valence-corrected chi connectivity index (χ0v) is 16.7. The van der Waals surface area contributed by atoms with Gasteiger partial charge in [-0.3, -0.25) is 9.78 Å². The Hall–Kier alpha value is -3.45. The molecule has 1 aromatic carbocycles. The zero-order chi connectivity index (χ0) is 20.3. The van der Waals surface area contributed by atoms with Gasteiger partial charge in [-0.15, -0.1) is 0 Å². The second-order valence-corrected chi connectivity index (χ2v) is 7.68. The molecule has 30 heavy (non-hydrogen) atoms. The van der Waals surface area contributed by atoms with Crippen molar-refractivity contribution in [2.75, 3.05) is 13.1 Å². The van der Waals surface area contributed by atoms with Crippen LogP contribution in [0.15, 0.2) is 67.3 Å². The normalized spacial score (nSPS) is 16.6. The lowest BCUT2D eigenvalue weighted by atomic mass is 10.1. The van der Waals surface area contributed by atoms with Gasteiger partial charge in [-0.1, -0.05) is 12.1 Å². The van der Waals surface area contributed by atoms with E-state index in [1.54, 1.807) is 12.4 Å². The standard InChI is InChI=1S/C23H24N6O/c30-23(27-18-4-1-10-24-14-18)20-16-28(21-5-2-11-25-22(20)21)15-17-6-8-19(9-7-17)29-13-3-12-26-29/h2-3,5-9,11-13,16,18,24H,1,4,10,14-15H2,(H,27,30)/t18-/m0/s1. The van der Waals surface area contributed by atoms with Crippen molar-refractivity contribution in [1.29, 1.82) is 0 Å². The minimum absolute atomic E-state index is 0.0554. The highest BCUT2D eigenvalue weighted by atomic mass is 16.1. The average Bonchev–Trinajstić information content (AvgIpc) is 3.44. The molecule has 0 saturated carbocycles. The van der Waals surface area contributed by atoms with Crippen molar-refractivity contribution in [2.45, 2.75) is 25.4 Å². The van der Waals surface area contributed by atoms with Crippen molar-refractivity contribution in [1.82, 2.24) is 30.0 Å². The van der Waals surface area contributed by atoms with E-state index in [2.05, 4.69) is 49.5 Å². The summed E-state index contributed by atoms with van der Waals surface area (Å²) in [6.45, 7) is 2.51. The lowest BCUT2D eigenvalue weighted by Gasteiger charge is -2.23. The zero-order valence-electron chi connectivity index (χ0n) is 16.7. The molecule has 0 bridgehead atoms. The van der Waals surface area contributed by atoms with Gasteiger partial charge < -0.3 is 15.2 Å². The van der Waals surface area contributed by atoms with Crippen LogP contribution >= 0.6 is 0 Å². The Morgan fingerprint density at radius 2 is 2.07 bits per heavy atom. The number of nitrogens with one attached hydrogen (secondary N) is 2. The minimum atomic E-state index is -0.0554. The highest BCUT2D eigenvalue weighted by molar-refractivity contribution is 6.05. The fourth-order valence-electron chi connectivity index (χ4n) is 4.03. The second kappa shape index (κ2) is 8.12. The van der Waals surface area contributed by atoms with Gasteiger partial charge in [0.2, 0.25) is 0 Å². The highest BCUT2D eigenvalue weighted by Gasteiger charge is 2.20. The summed E-state index contributed by atoms with van der Waals surface area (Å²) < 4.78 is 3.93. The summed E-state index contributed by atoms with van der Waals surface area (Å²) in [7, 11) is 0. The lowest BCUT2D eigenvalue weighted by molar-refractivity contribution is 0.0932. The Kier molecular flexibility index (Phi) is 5.03. The summed E-state index contributed by atoms with van der Waals surface area (Å²) in [5.74, 6) is -0.0554. The third-order valence-electron chi connectivity index (χ3n) is 5.57. The molecular weight excluding hydrogens is 376 g/mol. The molecule has 0 unspecified atom stereocenters. The topological polar surface area (TPSA) is 76.8 Å². The number of carbonyl (C=O) groups is 1. The fraction of sp³-hybridized carbons (Fsp3) is 0.261. The molecule has 7 heteroatoms. The van der Waals surface area contributed by atoms with Crippen LogP contribution in [-0.4, -0.2) is 44.4 Å². The number of aromatic nitrogens is 4. The maximum absolute atomic E-state index is 13.0. The number of pyridine rings is 1. The van der Waals surface area contributed by atoms with Crippen LogP contribution in [0.4, 0.5) is 0 Å². The van der Waals surface area contributed by atoms with E-state index >= 15 is 0 Å². The molecule has 152 valence electrons. The molecule has 1 saturated heterocycles. The third-order valence-corrected chi connectivity index (χ3v) is 5.57. The van der Waals surface area contributed by atoms with E-state index in [-0.39, 0.29) is 11.9 Å². The van der Waals surface area contributed by atoms with Crippen molar-refractivity contribution >= 4 is 16.9 Å². The van der Waals surface area contributed by atoms with E-state index in [4.69, 9.17) is 0 Å². The fourth-order valence-corrected chi connectivity index (χ4v) is 4.03.